The Kier molecular flexibility index (Phi) is 2.79. The molecule has 0 saturated heterocycles. The Labute approximate surface area is 80.2 Å². The van der Waals surface area contributed by atoms with Crippen LogP contribution >= 0.6 is 11.6 Å². The summed E-state index contributed by atoms with van der Waals surface area (Å²) in [6.07, 6.45) is 7.85. The molecular weight excluding hydrogens is 192 g/mol. The van der Waals surface area contributed by atoms with Gasteiger partial charge >= 0.3 is 0 Å². The van der Waals surface area contributed by atoms with Crippen LogP contribution in [0.15, 0.2) is 24.0 Å². The van der Waals surface area contributed by atoms with Gasteiger partial charge in [-0.3, -0.25) is 0 Å². The molecule has 0 amide bonds. The zero-order valence-corrected chi connectivity index (χ0v) is 7.28. The quantitative estimate of drug-likeness (QED) is 0.499. The molecule has 1 rings (SSSR count). The highest BCUT2D eigenvalue weighted by Crippen LogP contribution is 2.28. The van der Waals surface area contributed by atoms with Crippen molar-refractivity contribution >= 4 is 11.6 Å². The highest BCUT2D eigenvalue weighted by molar-refractivity contribution is 6.24. The molecule has 0 fully saturated rings. The number of nitriles is 2. The maximum absolute atomic E-state index is 8.26. The van der Waals surface area contributed by atoms with Gasteiger partial charge in [0.25, 0.3) is 12.5 Å². The molecule has 0 aromatic heterocycles. The first-order valence-corrected chi connectivity index (χ1v) is 3.79. The summed E-state index contributed by atoms with van der Waals surface area (Å²) in [6.45, 7) is 0. The van der Waals surface area contributed by atoms with Crippen LogP contribution in [-0.4, -0.2) is 5.06 Å². The molecule has 0 bridgehead atoms. The van der Waals surface area contributed by atoms with E-state index in [1.54, 1.807) is 6.08 Å². The Morgan fingerprint density at radius 1 is 1.46 bits per heavy atom. The first-order chi connectivity index (χ1) is 6.20. The topological polar surface area (TPSA) is 66.0 Å². The van der Waals surface area contributed by atoms with Crippen LogP contribution in [0.4, 0.5) is 0 Å². The van der Waals surface area contributed by atoms with Gasteiger partial charge in [-0.25, -0.2) is 0 Å². The predicted octanol–water partition coefficient (Wildman–Crippen LogP) is 1.76. The molecule has 0 aromatic rings. The molecule has 0 N–H and O–H groups in total. The summed E-state index contributed by atoms with van der Waals surface area (Å²) in [5, 5.41) is 15.3. The van der Waals surface area contributed by atoms with Crippen LogP contribution < -0.4 is 0 Å². The lowest BCUT2D eigenvalue weighted by atomic mass is 10.1. The van der Waals surface area contributed by atoms with Gasteiger partial charge in [0.2, 0.25) is 5.06 Å². The van der Waals surface area contributed by atoms with E-state index in [1.807, 2.05) is 0 Å². The Morgan fingerprint density at radius 2 is 2.23 bits per heavy atom. The van der Waals surface area contributed by atoms with Crippen molar-refractivity contribution in [1.29, 1.82) is 10.5 Å². The first-order valence-electron chi connectivity index (χ1n) is 3.41. The highest BCUT2D eigenvalue weighted by Gasteiger charge is 2.27. The first kappa shape index (κ1) is 9.44. The fraction of sp³-hybridized carbons (Fsp3) is 0.250. The zero-order valence-electron chi connectivity index (χ0n) is 6.53. The van der Waals surface area contributed by atoms with Gasteiger partial charge in [0.1, 0.15) is 5.76 Å². The second-order valence-electron chi connectivity index (χ2n) is 2.32. The smallest absolute Gasteiger partial charge is 0.292 e. The van der Waals surface area contributed by atoms with Gasteiger partial charge in [0.15, 0.2) is 0 Å². The molecule has 5 heteroatoms. The molecule has 0 heterocycles. The van der Waals surface area contributed by atoms with Crippen molar-refractivity contribution < 1.29 is 9.47 Å². The van der Waals surface area contributed by atoms with Crippen molar-refractivity contribution in [2.45, 2.75) is 11.5 Å². The molecule has 1 unspecified atom stereocenters. The van der Waals surface area contributed by atoms with Crippen LogP contribution in [0.2, 0.25) is 0 Å². The molecule has 0 aromatic carbocycles. The summed E-state index contributed by atoms with van der Waals surface area (Å²) in [5.74, 6) is 0.403. The lowest BCUT2D eigenvalue weighted by Crippen LogP contribution is -2.21. The SMILES string of the molecule is N#COC1=CCC(Cl)(OC#N)C=C1. The number of alkyl halides is 1. The van der Waals surface area contributed by atoms with Crippen LogP contribution in [0, 0.1) is 23.0 Å². The maximum Gasteiger partial charge on any atom is 0.292 e. The monoisotopic (exact) mass is 196 g/mol. The minimum atomic E-state index is -1.13. The third-order valence-corrected chi connectivity index (χ3v) is 1.81. The summed E-state index contributed by atoms with van der Waals surface area (Å²) in [7, 11) is 0. The van der Waals surface area contributed by atoms with Crippen molar-refractivity contribution in [2.24, 2.45) is 0 Å². The fourth-order valence-electron chi connectivity index (χ4n) is 0.862. The maximum atomic E-state index is 8.26. The standard InChI is InChI=1S/C8H5ClN2O2/c9-8(13-6-11)3-1-7(2-4-8)12-5-10/h1-3H,4H2. The fourth-order valence-corrected chi connectivity index (χ4v) is 1.04. The van der Waals surface area contributed by atoms with Gasteiger partial charge in [-0.15, -0.1) is 5.26 Å². The van der Waals surface area contributed by atoms with E-state index in [2.05, 4.69) is 9.47 Å². The van der Waals surface area contributed by atoms with Crippen LogP contribution in [0.3, 0.4) is 0 Å². The number of hydrogen-bond donors (Lipinski definition) is 0. The summed E-state index contributed by atoms with van der Waals surface area (Å²) >= 11 is 5.83. The van der Waals surface area contributed by atoms with Crippen molar-refractivity contribution in [2.75, 3.05) is 0 Å². The number of allylic oxidation sites excluding steroid dienone is 1. The van der Waals surface area contributed by atoms with Crippen molar-refractivity contribution in [3.05, 3.63) is 24.0 Å². The Balaban J connectivity index is 2.64. The van der Waals surface area contributed by atoms with Crippen LogP contribution in [0.5, 0.6) is 0 Å². The number of rotatable bonds is 2. The minimum absolute atomic E-state index is 0.287. The van der Waals surface area contributed by atoms with Crippen LogP contribution in [0.1, 0.15) is 6.42 Å². The van der Waals surface area contributed by atoms with Gasteiger partial charge in [-0.2, -0.15) is 5.26 Å². The van der Waals surface area contributed by atoms with Crippen LogP contribution in [0.25, 0.3) is 0 Å². The number of hydrogen-bond acceptors (Lipinski definition) is 4. The van der Waals surface area contributed by atoms with Crippen molar-refractivity contribution in [3.63, 3.8) is 0 Å². The third-order valence-electron chi connectivity index (χ3n) is 1.46. The molecule has 1 aliphatic carbocycles. The van der Waals surface area contributed by atoms with Crippen LogP contribution in [-0.2, 0) is 9.47 Å². The number of halogens is 1. The largest absolute Gasteiger partial charge is 0.400 e. The molecule has 1 aliphatic rings. The molecule has 0 aliphatic heterocycles. The Morgan fingerprint density at radius 3 is 2.69 bits per heavy atom. The van der Waals surface area contributed by atoms with Crippen molar-refractivity contribution in [3.8, 4) is 12.5 Å². The Hall–Kier alpha value is -1.65. The number of ether oxygens (including phenoxy) is 2. The molecule has 0 saturated carbocycles. The second-order valence-corrected chi connectivity index (χ2v) is 2.96. The molecule has 0 spiro atoms. The summed E-state index contributed by atoms with van der Waals surface area (Å²) < 4.78 is 9.13. The van der Waals surface area contributed by atoms with Gasteiger partial charge in [-0.1, -0.05) is 11.6 Å². The zero-order chi connectivity index (χ0) is 9.73. The average molecular weight is 197 g/mol. The van der Waals surface area contributed by atoms with E-state index < -0.39 is 5.06 Å². The van der Waals surface area contributed by atoms with E-state index in [9.17, 15) is 0 Å². The average Bonchev–Trinajstić information content (AvgIpc) is 2.10. The summed E-state index contributed by atoms with van der Waals surface area (Å²) in [5.41, 5.74) is 0. The molecule has 13 heavy (non-hydrogen) atoms. The summed E-state index contributed by atoms with van der Waals surface area (Å²) in [4.78, 5) is 0. The van der Waals surface area contributed by atoms with E-state index in [0.29, 0.717) is 5.76 Å². The van der Waals surface area contributed by atoms with E-state index in [-0.39, 0.29) is 6.42 Å². The van der Waals surface area contributed by atoms with E-state index in [1.165, 1.54) is 24.7 Å². The number of nitrogens with zero attached hydrogens (tertiary/aromatic N) is 2. The van der Waals surface area contributed by atoms with E-state index >= 15 is 0 Å². The summed E-state index contributed by atoms with van der Waals surface area (Å²) in [6, 6.07) is 0. The predicted molar refractivity (Wildman–Crippen MR) is 43.8 cm³/mol. The molecule has 66 valence electrons. The van der Waals surface area contributed by atoms with E-state index in [4.69, 9.17) is 22.1 Å². The minimum Gasteiger partial charge on any atom is -0.400 e. The third kappa shape index (κ3) is 2.40. The Bertz CT molecular complexity index is 337. The molecular formula is C8H5ClN2O2. The van der Waals surface area contributed by atoms with Gasteiger partial charge in [0, 0.05) is 6.42 Å². The molecule has 0 radical (unpaired) electrons. The molecule has 1 atom stereocenters. The molecule has 4 nitrogen and oxygen atoms in total. The highest BCUT2D eigenvalue weighted by atomic mass is 35.5. The van der Waals surface area contributed by atoms with Gasteiger partial charge < -0.3 is 9.47 Å². The normalized spacial score (nSPS) is 25.3. The van der Waals surface area contributed by atoms with E-state index in [0.717, 1.165) is 0 Å². The second kappa shape index (κ2) is 3.84. The lowest BCUT2D eigenvalue weighted by molar-refractivity contribution is 0.164. The van der Waals surface area contributed by atoms with Gasteiger partial charge in [0.05, 0.1) is 0 Å². The lowest BCUT2D eigenvalue weighted by Gasteiger charge is -2.20. The van der Waals surface area contributed by atoms with Crippen molar-refractivity contribution in [1.82, 2.24) is 0 Å². The van der Waals surface area contributed by atoms with Gasteiger partial charge in [-0.05, 0) is 18.2 Å².